The van der Waals surface area contributed by atoms with Gasteiger partial charge < -0.3 is 10.6 Å². The van der Waals surface area contributed by atoms with Gasteiger partial charge in [0.05, 0.1) is 40.4 Å². The molecule has 0 saturated carbocycles. The quantitative estimate of drug-likeness (QED) is 0.364. The van der Waals surface area contributed by atoms with Crippen LogP contribution in [0.4, 0.5) is 29.3 Å². The molecule has 4 aromatic rings. The van der Waals surface area contributed by atoms with E-state index >= 15 is 0 Å². The van der Waals surface area contributed by atoms with Crippen LogP contribution < -0.4 is 10.6 Å². The number of fused-ring (bicyclic) bond motifs is 1. The van der Waals surface area contributed by atoms with Crippen molar-refractivity contribution in [1.29, 1.82) is 0 Å². The summed E-state index contributed by atoms with van der Waals surface area (Å²) in [6.45, 7) is 3.80. The molecular weight excluding hydrogens is 463 g/mol. The van der Waals surface area contributed by atoms with Crippen LogP contribution >= 0.6 is 11.6 Å². The van der Waals surface area contributed by atoms with Gasteiger partial charge in [-0.1, -0.05) is 25.4 Å². The van der Waals surface area contributed by atoms with Gasteiger partial charge in [0.1, 0.15) is 10.8 Å². The highest BCUT2D eigenvalue weighted by atomic mass is 35.5. The van der Waals surface area contributed by atoms with Gasteiger partial charge in [-0.05, 0) is 34.5 Å². The molecule has 0 aliphatic rings. The average Bonchev–Trinajstić information content (AvgIpc) is 3.27. The van der Waals surface area contributed by atoms with E-state index in [2.05, 4.69) is 46.2 Å². The molecule has 0 atom stereocenters. The summed E-state index contributed by atoms with van der Waals surface area (Å²) in [5, 5.41) is 17.4. The normalized spacial score (nSPS) is 11.7. The number of aromatic amines is 1. The van der Waals surface area contributed by atoms with Crippen molar-refractivity contribution in [3.8, 4) is 11.5 Å². The van der Waals surface area contributed by atoms with E-state index in [0.29, 0.717) is 22.3 Å². The van der Waals surface area contributed by atoms with Crippen LogP contribution in [-0.4, -0.2) is 41.6 Å². The summed E-state index contributed by atoms with van der Waals surface area (Å²) in [7, 11) is 0. The van der Waals surface area contributed by atoms with E-state index in [1.807, 2.05) is 13.8 Å². The standard InChI is InChI=1S/C19H15ClF3N9O/c1-8(2)14-12(7-24-11-3-4-13(20)28-16(11)14)27-18(33)26-9-5-10(19(21,22)23)15(25-6-9)17-29-31-32-30-17/h3-8H,1-2H3,(H2,26,27,33)(H,29,30,31,32). The van der Waals surface area contributed by atoms with Gasteiger partial charge in [0.25, 0.3) is 0 Å². The van der Waals surface area contributed by atoms with Crippen LogP contribution in [-0.2, 0) is 6.18 Å². The number of tetrazole rings is 1. The largest absolute Gasteiger partial charge is 0.418 e. The maximum absolute atomic E-state index is 13.6. The fourth-order valence-corrected chi connectivity index (χ4v) is 3.38. The van der Waals surface area contributed by atoms with Gasteiger partial charge >= 0.3 is 12.2 Å². The zero-order chi connectivity index (χ0) is 23.8. The van der Waals surface area contributed by atoms with Crippen molar-refractivity contribution < 1.29 is 18.0 Å². The summed E-state index contributed by atoms with van der Waals surface area (Å²) in [5.41, 5.74) is 0.331. The Hall–Kier alpha value is -3.87. The maximum atomic E-state index is 13.6. The van der Waals surface area contributed by atoms with Crippen molar-refractivity contribution in [2.45, 2.75) is 25.9 Å². The van der Waals surface area contributed by atoms with Crippen LogP contribution in [0.2, 0.25) is 5.15 Å². The predicted octanol–water partition coefficient (Wildman–Crippen LogP) is 4.64. The second kappa shape index (κ2) is 8.58. The molecule has 0 bridgehead atoms. The van der Waals surface area contributed by atoms with Crippen molar-refractivity contribution in [3.05, 3.63) is 46.9 Å². The lowest BCUT2D eigenvalue weighted by atomic mass is 10.0. The molecule has 0 spiro atoms. The van der Waals surface area contributed by atoms with Crippen molar-refractivity contribution >= 4 is 40.0 Å². The van der Waals surface area contributed by atoms with Gasteiger partial charge in [-0.3, -0.25) is 9.97 Å². The molecule has 4 rings (SSSR count). The minimum absolute atomic E-state index is 0.0648. The van der Waals surface area contributed by atoms with Crippen molar-refractivity contribution in [1.82, 2.24) is 35.6 Å². The number of urea groups is 1. The van der Waals surface area contributed by atoms with E-state index < -0.39 is 23.5 Å². The van der Waals surface area contributed by atoms with Crippen LogP contribution in [0, 0.1) is 0 Å². The minimum Gasteiger partial charge on any atom is -0.306 e. The smallest absolute Gasteiger partial charge is 0.306 e. The number of hydrogen-bond donors (Lipinski definition) is 3. The van der Waals surface area contributed by atoms with Crippen LogP contribution in [0.15, 0.2) is 30.6 Å². The molecule has 33 heavy (non-hydrogen) atoms. The van der Waals surface area contributed by atoms with Gasteiger partial charge in [0.15, 0.2) is 5.82 Å². The van der Waals surface area contributed by atoms with Crippen LogP contribution in [0.5, 0.6) is 0 Å². The Labute approximate surface area is 189 Å². The molecule has 4 aromatic heterocycles. The lowest BCUT2D eigenvalue weighted by Crippen LogP contribution is -2.21. The molecule has 0 radical (unpaired) electrons. The van der Waals surface area contributed by atoms with Crippen LogP contribution in [0.25, 0.3) is 22.6 Å². The Bertz CT molecular complexity index is 1330. The third-order valence-electron chi connectivity index (χ3n) is 4.56. The van der Waals surface area contributed by atoms with Crippen LogP contribution in [0.3, 0.4) is 0 Å². The molecule has 14 heteroatoms. The highest BCUT2D eigenvalue weighted by Gasteiger charge is 2.36. The van der Waals surface area contributed by atoms with Gasteiger partial charge in [-0.15, -0.1) is 5.10 Å². The predicted molar refractivity (Wildman–Crippen MR) is 114 cm³/mol. The van der Waals surface area contributed by atoms with Gasteiger partial charge in [-0.2, -0.15) is 13.2 Å². The number of amides is 2. The Kier molecular flexibility index (Phi) is 5.80. The minimum atomic E-state index is -4.76. The first-order valence-electron chi connectivity index (χ1n) is 9.48. The zero-order valence-electron chi connectivity index (χ0n) is 17.1. The molecule has 0 aliphatic carbocycles. The number of nitrogens with zero attached hydrogens (tertiary/aromatic N) is 6. The fourth-order valence-electron chi connectivity index (χ4n) is 3.23. The van der Waals surface area contributed by atoms with E-state index in [9.17, 15) is 18.0 Å². The molecule has 2 amide bonds. The first-order chi connectivity index (χ1) is 15.6. The lowest BCUT2D eigenvalue weighted by molar-refractivity contribution is -0.137. The second-order valence-electron chi connectivity index (χ2n) is 7.19. The number of alkyl halides is 3. The number of anilines is 2. The van der Waals surface area contributed by atoms with E-state index in [1.54, 1.807) is 12.1 Å². The molecular formula is C19H15ClF3N9O. The molecule has 3 N–H and O–H groups in total. The number of carbonyl (C=O) groups excluding carboxylic acids is 1. The number of aromatic nitrogens is 7. The summed E-state index contributed by atoms with van der Waals surface area (Å²) >= 11 is 6.01. The third-order valence-corrected chi connectivity index (χ3v) is 4.77. The molecule has 0 aromatic carbocycles. The maximum Gasteiger partial charge on any atom is 0.418 e. The Morgan fingerprint density at radius 3 is 2.61 bits per heavy atom. The van der Waals surface area contributed by atoms with Crippen molar-refractivity contribution in [3.63, 3.8) is 0 Å². The molecule has 170 valence electrons. The fraction of sp³-hybridized carbons (Fsp3) is 0.211. The summed E-state index contributed by atoms with van der Waals surface area (Å²) in [5.74, 6) is -0.321. The van der Waals surface area contributed by atoms with E-state index in [-0.39, 0.29) is 22.6 Å². The van der Waals surface area contributed by atoms with Gasteiger partial charge in [0.2, 0.25) is 0 Å². The Morgan fingerprint density at radius 1 is 1.15 bits per heavy atom. The first-order valence-corrected chi connectivity index (χ1v) is 9.85. The number of nitrogens with one attached hydrogen (secondary N) is 3. The zero-order valence-corrected chi connectivity index (χ0v) is 17.8. The highest BCUT2D eigenvalue weighted by molar-refractivity contribution is 6.29. The molecule has 0 fully saturated rings. The van der Waals surface area contributed by atoms with E-state index in [0.717, 1.165) is 12.3 Å². The monoisotopic (exact) mass is 477 g/mol. The summed E-state index contributed by atoms with van der Waals surface area (Å²) in [6.07, 6.45) is -2.25. The number of rotatable bonds is 4. The molecule has 0 saturated heterocycles. The summed E-state index contributed by atoms with van der Waals surface area (Å²) in [4.78, 5) is 24.9. The van der Waals surface area contributed by atoms with Gasteiger partial charge in [0, 0.05) is 5.56 Å². The van der Waals surface area contributed by atoms with E-state index in [1.165, 1.54) is 6.20 Å². The summed E-state index contributed by atoms with van der Waals surface area (Å²) < 4.78 is 40.7. The molecule has 10 nitrogen and oxygen atoms in total. The number of carbonyl (C=O) groups is 1. The van der Waals surface area contributed by atoms with E-state index in [4.69, 9.17) is 11.6 Å². The SMILES string of the molecule is CC(C)c1c(NC(=O)Nc2cnc(-c3nnn[nH]3)c(C(F)(F)F)c2)cnc2ccc(Cl)nc12. The number of halogens is 4. The number of pyridine rings is 3. The lowest BCUT2D eigenvalue weighted by Gasteiger charge is -2.17. The topological polar surface area (TPSA) is 134 Å². The average molecular weight is 478 g/mol. The molecule has 0 unspecified atom stereocenters. The second-order valence-corrected chi connectivity index (χ2v) is 7.58. The number of H-pyrrole nitrogens is 1. The Balaban J connectivity index is 1.63. The first kappa shape index (κ1) is 22.3. The Morgan fingerprint density at radius 2 is 1.94 bits per heavy atom. The van der Waals surface area contributed by atoms with Crippen molar-refractivity contribution in [2.75, 3.05) is 10.6 Å². The van der Waals surface area contributed by atoms with Gasteiger partial charge in [-0.25, -0.2) is 14.9 Å². The molecule has 4 heterocycles. The third kappa shape index (κ3) is 4.67. The molecule has 0 aliphatic heterocycles. The highest BCUT2D eigenvalue weighted by Crippen LogP contribution is 2.36. The number of hydrogen-bond acceptors (Lipinski definition) is 7. The van der Waals surface area contributed by atoms with Crippen LogP contribution in [0.1, 0.15) is 30.9 Å². The van der Waals surface area contributed by atoms with Crippen molar-refractivity contribution in [2.24, 2.45) is 0 Å². The summed E-state index contributed by atoms with van der Waals surface area (Å²) in [6, 6.07) is 3.26.